The van der Waals surface area contributed by atoms with Crippen LogP contribution in [-0.4, -0.2) is 47.6 Å². The molecule has 1 aliphatic carbocycles. The predicted octanol–water partition coefficient (Wildman–Crippen LogP) is 2.50. The largest absolute Gasteiger partial charge is 0.448 e. The van der Waals surface area contributed by atoms with Crippen molar-refractivity contribution < 1.29 is 24.2 Å². The molecular formula is C20H19NO5. The van der Waals surface area contributed by atoms with Crippen LogP contribution in [0.4, 0.5) is 4.79 Å². The van der Waals surface area contributed by atoms with Gasteiger partial charge in [0.05, 0.1) is 6.10 Å². The number of carbonyl (C=O) groups excluding carboxylic acids is 2. The lowest BCUT2D eigenvalue weighted by Gasteiger charge is -2.22. The summed E-state index contributed by atoms with van der Waals surface area (Å²) >= 11 is 0. The fourth-order valence-corrected chi connectivity index (χ4v) is 3.73. The molecule has 0 aromatic heterocycles. The first-order valence-electron chi connectivity index (χ1n) is 8.54. The van der Waals surface area contributed by atoms with Gasteiger partial charge >= 0.3 is 12.1 Å². The molecule has 1 amide bonds. The van der Waals surface area contributed by atoms with Crippen LogP contribution in [0.15, 0.2) is 48.5 Å². The maximum Gasteiger partial charge on any atom is 0.413 e. The molecule has 2 aliphatic rings. The molecule has 1 fully saturated rings. The van der Waals surface area contributed by atoms with Gasteiger partial charge in [0.25, 0.3) is 0 Å². The fraction of sp³-hybridized carbons (Fsp3) is 0.300. The number of benzene rings is 2. The number of fused-ring (bicyclic) bond motifs is 3. The molecule has 2 aromatic carbocycles. The van der Waals surface area contributed by atoms with Gasteiger partial charge in [-0.1, -0.05) is 48.5 Å². The quantitative estimate of drug-likeness (QED) is 0.858. The third-order valence-corrected chi connectivity index (χ3v) is 4.95. The van der Waals surface area contributed by atoms with E-state index in [9.17, 15) is 14.7 Å². The summed E-state index contributed by atoms with van der Waals surface area (Å²) in [7, 11) is 0. The van der Waals surface area contributed by atoms with Gasteiger partial charge in [-0.2, -0.15) is 0 Å². The number of cyclic esters (lactones) is 1. The average molecular weight is 353 g/mol. The summed E-state index contributed by atoms with van der Waals surface area (Å²) in [4.78, 5) is 25.3. The molecule has 0 unspecified atom stereocenters. The highest BCUT2D eigenvalue weighted by Gasteiger charge is 2.42. The van der Waals surface area contributed by atoms with Crippen molar-refractivity contribution in [1.82, 2.24) is 4.90 Å². The van der Waals surface area contributed by atoms with E-state index in [0.717, 1.165) is 27.2 Å². The second kappa shape index (κ2) is 6.46. The van der Waals surface area contributed by atoms with Crippen molar-refractivity contribution in [3.8, 4) is 11.1 Å². The van der Waals surface area contributed by atoms with E-state index in [0.29, 0.717) is 0 Å². The lowest BCUT2D eigenvalue weighted by molar-refractivity contribution is -0.140. The summed E-state index contributed by atoms with van der Waals surface area (Å²) in [5.41, 5.74) is 4.51. The van der Waals surface area contributed by atoms with Crippen molar-refractivity contribution in [3.05, 3.63) is 59.7 Å². The van der Waals surface area contributed by atoms with E-state index in [1.807, 2.05) is 36.4 Å². The molecule has 0 saturated carbocycles. The van der Waals surface area contributed by atoms with Crippen molar-refractivity contribution in [2.24, 2.45) is 0 Å². The Hall–Kier alpha value is -2.86. The van der Waals surface area contributed by atoms with Crippen LogP contribution in [0.1, 0.15) is 24.0 Å². The Kier molecular flexibility index (Phi) is 4.12. The van der Waals surface area contributed by atoms with Gasteiger partial charge in [-0.05, 0) is 29.2 Å². The Bertz CT molecular complexity index is 817. The Morgan fingerprint density at radius 3 is 2.35 bits per heavy atom. The molecule has 4 rings (SSSR count). The minimum Gasteiger partial charge on any atom is -0.448 e. The Balaban J connectivity index is 1.53. The molecule has 2 aromatic rings. The molecule has 1 saturated heterocycles. The lowest BCUT2D eigenvalue weighted by atomic mass is 9.98. The Labute approximate surface area is 151 Å². The highest BCUT2D eigenvalue weighted by Crippen LogP contribution is 2.44. The average Bonchev–Trinajstić information content (AvgIpc) is 3.18. The van der Waals surface area contributed by atoms with Gasteiger partial charge in [0.2, 0.25) is 0 Å². The van der Waals surface area contributed by atoms with E-state index in [-0.39, 0.29) is 19.3 Å². The van der Waals surface area contributed by atoms with Crippen LogP contribution in [-0.2, 0) is 14.3 Å². The molecule has 1 heterocycles. The molecule has 0 bridgehead atoms. The van der Waals surface area contributed by atoms with E-state index >= 15 is 0 Å². The summed E-state index contributed by atoms with van der Waals surface area (Å²) in [5.74, 6) is -0.677. The van der Waals surface area contributed by atoms with Crippen LogP contribution in [0.25, 0.3) is 11.1 Å². The lowest BCUT2D eigenvalue weighted by Crippen LogP contribution is -2.45. The number of amides is 1. The number of aliphatic hydroxyl groups excluding tert-OH is 1. The minimum absolute atomic E-state index is 0.0597. The van der Waals surface area contributed by atoms with Gasteiger partial charge in [-0.15, -0.1) is 0 Å². The van der Waals surface area contributed by atoms with Gasteiger partial charge in [0.1, 0.15) is 6.61 Å². The summed E-state index contributed by atoms with van der Waals surface area (Å²) in [6, 6.07) is 15.1. The monoisotopic (exact) mass is 353 g/mol. The molecule has 2 atom stereocenters. The third-order valence-electron chi connectivity index (χ3n) is 4.95. The molecule has 0 spiro atoms. The van der Waals surface area contributed by atoms with Crippen molar-refractivity contribution in [3.63, 3.8) is 0 Å². The Morgan fingerprint density at radius 1 is 1.19 bits per heavy atom. The van der Waals surface area contributed by atoms with E-state index in [1.165, 1.54) is 6.92 Å². The van der Waals surface area contributed by atoms with Crippen LogP contribution in [0, 0.1) is 0 Å². The van der Waals surface area contributed by atoms with Crippen LogP contribution in [0.2, 0.25) is 0 Å². The summed E-state index contributed by atoms with van der Waals surface area (Å²) in [6.07, 6.45) is -1.69. The van der Waals surface area contributed by atoms with E-state index < -0.39 is 24.2 Å². The summed E-state index contributed by atoms with van der Waals surface area (Å²) < 4.78 is 10.4. The molecule has 134 valence electrons. The SMILES string of the molecule is C[C@@H](O)[C@H]1C(=O)OCN1C(=O)OCC1c2ccccc2-c2ccccc21. The van der Waals surface area contributed by atoms with E-state index in [4.69, 9.17) is 9.47 Å². The zero-order valence-electron chi connectivity index (χ0n) is 14.3. The molecule has 26 heavy (non-hydrogen) atoms. The normalized spacial score (nSPS) is 19.7. The summed E-state index contributed by atoms with van der Waals surface area (Å²) in [6.45, 7) is 1.40. The van der Waals surface area contributed by atoms with Crippen molar-refractivity contribution >= 4 is 12.1 Å². The molecule has 0 radical (unpaired) electrons. The number of rotatable bonds is 3. The van der Waals surface area contributed by atoms with Gasteiger partial charge in [0, 0.05) is 5.92 Å². The third kappa shape index (κ3) is 2.63. The number of esters is 1. The van der Waals surface area contributed by atoms with Crippen molar-refractivity contribution in [1.29, 1.82) is 0 Å². The number of hydrogen-bond donors (Lipinski definition) is 1. The van der Waals surface area contributed by atoms with Crippen LogP contribution >= 0.6 is 0 Å². The fourth-order valence-electron chi connectivity index (χ4n) is 3.73. The molecule has 1 N–H and O–H groups in total. The van der Waals surface area contributed by atoms with Gasteiger partial charge in [-0.25, -0.2) is 9.59 Å². The van der Waals surface area contributed by atoms with Crippen LogP contribution in [0.5, 0.6) is 0 Å². The van der Waals surface area contributed by atoms with Gasteiger partial charge in [0.15, 0.2) is 12.8 Å². The maximum absolute atomic E-state index is 12.4. The first kappa shape index (κ1) is 16.6. The molecule has 1 aliphatic heterocycles. The highest BCUT2D eigenvalue weighted by molar-refractivity contribution is 5.84. The zero-order valence-corrected chi connectivity index (χ0v) is 14.3. The van der Waals surface area contributed by atoms with Crippen LogP contribution < -0.4 is 0 Å². The number of hydrogen-bond acceptors (Lipinski definition) is 5. The number of aliphatic hydroxyl groups is 1. The van der Waals surface area contributed by atoms with Crippen molar-refractivity contribution in [2.75, 3.05) is 13.3 Å². The standard InChI is InChI=1S/C20H19NO5/c1-12(22)18-19(23)26-11-21(18)20(24)25-10-17-15-8-4-2-6-13(15)14-7-3-5-9-16(14)17/h2-9,12,17-18,22H,10-11H2,1H3/t12-,18+/m1/s1. The summed E-state index contributed by atoms with van der Waals surface area (Å²) in [5, 5.41) is 9.73. The topological polar surface area (TPSA) is 76.1 Å². The highest BCUT2D eigenvalue weighted by atomic mass is 16.6. The van der Waals surface area contributed by atoms with Crippen molar-refractivity contribution in [2.45, 2.75) is 25.0 Å². The predicted molar refractivity (Wildman–Crippen MR) is 93.3 cm³/mol. The number of ether oxygens (including phenoxy) is 2. The van der Waals surface area contributed by atoms with E-state index in [1.54, 1.807) is 0 Å². The van der Waals surface area contributed by atoms with Gasteiger partial charge < -0.3 is 14.6 Å². The molecule has 6 nitrogen and oxygen atoms in total. The second-order valence-corrected chi connectivity index (χ2v) is 6.55. The smallest absolute Gasteiger partial charge is 0.413 e. The number of carbonyl (C=O) groups is 2. The minimum atomic E-state index is -1.02. The van der Waals surface area contributed by atoms with Crippen LogP contribution in [0.3, 0.4) is 0 Å². The molecular weight excluding hydrogens is 334 g/mol. The number of nitrogens with zero attached hydrogens (tertiary/aromatic N) is 1. The van der Waals surface area contributed by atoms with E-state index in [2.05, 4.69) is 12.1 Å². The zero-order chi connectivity index (χ0) is 18.3. The Morgan fingerprint density at radius 2 is 1.77 bits per heavy atom. The van der Waals surface area contributed by atoms with Gasteiger partial charge in [-0.3, -0.25) is 4.90 Å². The second-order valence-electron chi connectivity index (χ2n) is 6.55. The maximum atomic E-state index is 12.4. The first-order valence-corrected chi connectivity index (χ1v) is 8.54. The first-order chi connectivity index (χ1) is 12.6. The molecule has 6 heteroatoms.